The Balaban J connectivity index is 2.95. The minimum atomic E-state index is 0.226. The molecule has 0 unspecified atom stereocenters. The van der Waals surface area contributed by atoms with Gasteiger partial charge in [0.2, 0.25) is 5.28 Å². The van der Waals surface area contributed by atoms with Crippen LogP contribution in [0.25, 0.3) is 0 Å². The van der Waals surface area contributed by atoms with Crippen molar-refractivity contribution in [2.75, 3.05) is 0 Å². The molecule has 0 amide bonds. The summed E-state index contributed by atoms with van der Waals surface area (Å²) in [5.41, 5.74) is 0. The van der Waals surface area contributed by atoms with Gasteiger partial charge >= 0.3 is 0 Å². The molecule has 0 spiro atoms. The van der Waals surface area contributed by atoms with E-state index in [1.807, 2.05) is 0 Å². The standard InChI is InChI=1S/C9H10ClN3/c1-3-5-7-11-8(6-4-2)13-9(10)12-7/h3-4H,1-2,5-6H2. The van der Waals surface area contributed by atoms with E-state index in [1.165, 1.54) is 0 Å². The summed E-state index contributed by atoms with van der Waals surface area (Å²) in [6.45, 7) is 7.20. The fraction of sp³-hybridized carbons (Fsp3) is 0.222. The second-order valence-electron chi connectivity index (χ2n) is 2.42. The third-order valence-corrected chi connectivity index (χ3v) is 1.52. The van der Waals surface area contributed by atoms with Crippen LogP contribution in [0.1, 0.15) is 11.6 Å². The second kappa shape index (κ2) is 4.72. The number of hydrogen-bond donors (Lipinski definition) is 0. The minimum Gasteiger partial charge on any atom is -0.217 e. The molecule has 0 N–H and O–H groups in total. The van der Waals surface area contributed by atoms with E-state index in [9.17, 15) is 0 Å². The highest BCUT2D eigenvalue weighted by Crippen LogP contribution is 2.03. The number of rotatable bonds is 4. The first-order valence-electron chi connectivity index (χ1n) is 3.87. The van der Waals surface area contributed by atoms with Gasteiger partial charge in [0.25, 0.3) is 0 Å². The molecule has 0 aromatic carbocycles. The highest BCUT2D eigenvalue weighted by molar-refractivity contribution is 6.28. The number of allylic oxidation sites excluding steroid dienone is 2. The molecule has 0 fully saturated rings. The maximum atomic E-state index is 5.69. The fourth-order valence-corrected chi connectivity index (χ4v) is 1.07. The van der Waals surface area contributed by atoms with Crippen LogP contribution in [0.3, 0.4) is 0 Å². The van der Waals surface area contributed by atoms with Crippen LogP contribution in [0, 0.1) is 0 Å². The Bertz CT molecular complexity index is 294. The van der Waals surface area contributed by atoms with Crippen molar-refractivity contribution in [1.82, 2.24) is 15.0 Å². The number of aromatic nitrogens is 3. The number of hydrogen-bond acceptors (Lipinski definition) is 3. The Morgan fingerprint density at radius 2 is 1.46 bits per heavy atom. The van der Waals surface area contributed by atoms with E-state index in [1.54, 1.807) is 12.2 Å². The summed E-state index contributed by atoms with van der Waals surface area (Å²) < 4.78 is 0. The molecular formula is C9H10ClN3. The van der Waals surface area contributed by atoms with Crippen molar-refractivity contribution in [2.45, 2.75) is 12.8 Å². The molecule has 0 aliphatic carbocycles. The van der Waals surface area contributed by atoms with Crippen LogP contribution < -0.4 is 0 Å². The molecule has 0 atom stereocenters. The first-order valence-corrected chi connectivity index (χ1v) is 4.25. The van der Waals surface area contributed by atoms with Crippen molar-refractivity contribution in [3.8, 4) is 0 Å². The molecule has 0 saturated heterocycles. The van der Waals surface area contributed by atoms with Crippen LogP contribution in [-0.2, 0) is 12.8 Å². The van der Waals surface area contributed by atoms with Crippen molar-refractivity contribution in [1.29, 1.82) is 0 Å². The third kappa shape index (κ3) is 2.95. The molecule has 1 aromatic rings. The monoisotopic (exact) mass is 195 g/mol. The van der Waals surface area contributed by atoms with Crippen LogP contribution in [0.4, 0.5) is 0 Å². The molecule has 4 heteroatoms. The van der Waals surface area contributed by atoms with Crippen LogP contribution in [0.15, 0.2) is 25.3 Å². The van der Waals surface area contributed by atoms with Gasteiger partial charge in [-0.05, 0) is 11.6 Å². The summed E-state index contributed by atoms with van der Waals surface area (Å²) in [5.74, 6) is 1.29. The van der Waals surface area contributed by atoms with Gasteiger partial charge < -0.3 is 0 Å². The lowest BCUT2D eigenvalue weighted by Crippen LogP contribution is -2.02. The van der Waals surface area contributed by atoms with E-state index in [0.717, 1.165) is 0 Å². The van der Waals surface area contributed by atoms with Gasteiger partial charge in [-0.3, -0.25) is 0 Å². The highest BCUT2D eigenvalue weighted by Gasteiger charge is 2.01. The van der Waals surface area contributed by atoms with Gasteiger partial charge in [-0.2, -0.15) is 0 Å². The molecule has 0 radical (unpaired) electrons. The SMILES string of the molecule is C=CCc1nc(Cl)nc(CC=C)n1. The van der Waals surface area contributed by atoms with Gasteiger partial charge in [0.1, 0.15) is 11.6 Å². The van der Waals surface area contributed by atoms with Gasteiger partial charge in [0.15, 0.2) is 0 Å². The van der Waals surface area contributed by atoms with Gasteiger partial charge in [0, 0.05) is 12.8 Å². The first kappa shape index (κ1) is 9.86. The Morgan fingerprint density at radius 3 is 1.85 bits per heavy atom. The van der Waals surface area contributed by atoms with E-state index < -0.39 is 0 Å². The van der Waals surface area contributed by atoms with Crippen LogP contribution in [-0.4, -0.2) is 15.0 Å². The highest BCUT2D eigenvalue weighted by atomic mass is 35.5. The summed E-state index contributed by atoms with van der Waals surface area (Å²) in [6.07, 6.45) is 4.66. The van der Waals surface area contributed by atoms with Gasteiger partial charge in [-0.1, -0.05) is 12.2 Å². The second-order valence-corrected chi connectivity index (χ2v) is 2.76. The zero-order valence-electron chi connectivity index (χ0n) is 7.20. The van der Waals surface area contributed by atoms with Crippen LogP contribution in [0.5, 0.6) is 0 Å². The predicted octanol–water partition coefficient (Wildman–Crippen LogP) is 1.98. The lowest BCUT2D eigenvalue weighted by Gasteiger charge is -1.99. The van der Waals surface area contributed by atoms with Crippen LogP contribution >= 0.6 is 11.6 Å². The molecular weight excluding hydrogens is 186 g/mol. The molecule has 1 aromatic heterocycles. The van der Waals surface area contributed by atoms with E-state index in [4.69, 9.17) is 11.6 Å². The van der Waals surface area contributed by atoms with E-state index in [2.05, 4.69) is 28.1 Å². The van der Waals surface area contributed by atoms with Crippen molar-refractivity contribution >= 4 is 11.6 Å². The molecule has 3 nitrogen and oxygen atoms in total. The molecule has 1 rings (SSSR count). The Morgan fingerprint density at radius 1 is 1.00 bits per heavy atom. The van der Waals surface area contributed by atoms with Gasteiger partial charge in [0.05, 0.1) is 0 Å². The zero-order chi connectivity index (χ0) is 9.68. The lowest BCUT2D eigenvalue weighted by atomic mass is 10.3. The molecule has 0 aliphatic heterocycles. The summed E-state index contributed by atoms with van der Waals surface area (Å²) in [5, 5.41) is 0.226. The van der Waals surface area contributed by atoms with Gasteiger partial charge in [-0.25, -0.2) is 15.0 Å². The van der Waals surface area contributed by atoms with E-state index in [0.29, 0.717) is 24.5 Å². The molecule has 13 heavy (non-hydrogen) atoms. The smallest absolute Gasteiger partial charge is 0.217 e. The molecule has 68 valence electrons. The van der Waals surface area contributed by atoms with Crippen molar-refractivity contribution in [3.63, 3.8) is 0 Å². The summed E-state index contributed by atoms with van der Waals surface area (Å²) >= 11 is 5.69. The van der Waals surface area contributed by atoms with Crippen molar-refractivity contribution in [3.05, 3.63) is 42.2 Å². The summed E-state index contributed by atoms with van der Waals surface area (Å²) in [6, 6.07) is 0. The summed E-state index contributed by atoms with van der Waals surface area (Å²) in [4.78, 5) is 12.1. The third-order valence-electron chi connectivity index (χ3n) is 1.35. The lowest BCUT2D eigenvalue weighted by molar-refractivity contribution is 0.865. The Labute approximate surface area is 82.2 Å². The fourth-order valence-electron chi connectivity index (χ4n) is 0.878. The van der Waals surface area contributed by atoms with E-state index >= 15 is 0 Å². The molecule has 0 aliphatic rings. The average Bonchev–Trinajstić information content (AvgIpc) is 2.04. The van der Waals surface area contributed by atoms with E-state index in [-0.39, 0.29) is 5.28 Å². The minimum absolute atomic E-state index is 0.226. The van der Waals surface area contributed by atoms with Gasteiger partial charge in [-0.15, -0.1) is 13.2 Å². The molecule has 0 saturated carbocycles. The van der Waals surface area contributed by atoms with Crippen molar-refractivity contribution < 1.29 is 0 Å². The Hall–Kier alpha value is -1.22. The molecule has 1 heterocycles. The largest absolute Gasteiger partial charge is 0.225 e. The summed E-state index contributed by atoms with van der Waals surface area (Å²) in [7, 11) is 0. The Kier molecular flexibility index (Phi) is 3.58. The quantitative estimate of drug-likeness (QED) is 0.690. The molecule has 0 bridgehead atoms. The first-order chi connectivity index (χ1) is 6.26. The normalized spacial score (nSPS) is 9.62. The topological polar surface area (TPSA) is 38.7 Å². The van der Waals surface area contributed by atoms with Crippen molar-refractivity contribution in [2.24, 2.45) is 0 Å². The maximum Gasteiger partial charge on any atom is 0.225 e. The van der Waals surface area contributed by atoms with Crippen LogP contribution in [0.2, 0.25) is 5.28 Å². The predicted molar refractivity (Wildman–Crippen MR) is 52.6 cm³/mol. The number of halogens is 1. The zero-order valence-corrected chi connectivity index (χ0v) is 7.96. The maximum absolute atomic E-state index is 5.69. The average molecular weight is 196 g/mol. The number of nitrogens with zero attached hydrogens (tertiary/aromatic N) is 3.